The molecule has 6 heteroatoms. The van der Waals surface area contributed by atoms with E-state index in [1.54, 1.807) is 22.6 Å². The van der Waals surface area contributed by atoms with Gasteiger partial charge in [0.2, 0.25) is 0 Å². The molecule has 3 aromatic rings. The predicted molar refractivity (Wildman–Crippen MR) is 75.7 cm³/mol. The zero-order chi connectivity index (χ0) is 14.3. The summed E-state index contributed by atoms with van der Waals surface area (Å²) in [5, 5.41) is 18.4. The molecule has 0 unspecified atom stereocenters. The van der Waals surface area contributed by atoms with Gasteiger partial charge in [0.15, 0.2) is 10.7 Å². The maximum atomic E-state index is 10.9. The van der Waals surface area contributed by atoms with Crippen molar-refractivity contribution in [1.82, 2.24) is 9.38 Å². The molecule has 0 aliphatic rings. The van der Waals surface area contributed by atoms with Crippen LogP contribution in [0.2, 0.25) is 0 Å². The fourth-order valence-electron chi connectivity index (χ4n) is 2.11. The van der Waals surface area contributed by atoms with Gasteiger partial charge in [0.05, 0.1) is 0 Å². The molecule has 0 atom stereocenters. The minimum Gasteiger partial charge on any atom is -0.508 e. The molecule has 0 radical (unpaired) electrons. The van der Waals surface area contributed by atoms with Gasteiger partial charge in [0.1, 0.15) is 5.75 Å². The third kappa shape index (κ3) is 2.14. The number of rotatable bonds is 3. The lowest BCUT2D eigenvalue weighted by atomic mass is 10.1. The van der Waals surface area contributed by atoms with Crippen molar-refractivity contribution in [2.24, 2.45) is 0 Å². The van der Waals surface area contributed by atoms with E-state index in [9.17, 15) is 9.90 Å². The molecule has 0 aliphatic carbocycles. The molecule has 0 amide bonds. The SMILES string of the molecule is Cc1c(Cc2cccc(O)c2)sc2nc(C(=O)O)cn12. The Bertz CT molecular complexity index is 804. The number of aryl methyl sites for hydroxylation is 1. The van der Waals surface area contributed by atoms with Crippen LogP contribution in [-0.4, -0.2) is 25.6 Å². The van der Waals surface area contributed by atoms with E-state index in [1.807, 2.05) is 13.0 Å². The van der Waals surface area contributed by atoms with Crippen molar-refractivity contribution in [3.63, 3.8) is 0 Å². The summed E-state index contributed by atoms with van der Waals surface area (Å²) in [6.45, 7) is 1.94. The lowest BCUT2D eigenvalue weighted by Gasteiger charge is -2.01. The van der Waals surface area contributed by atoms with Gasteiger partial charge in [0.25, 0.3) is 0 Å². The summed E-state index contributed by atoms with van der Waals surface area (Å²) in [6.07, 6.45) is 2.23. The van der Waals surface area contributed by atoms with Crippen LogP contribution < -0.4 is 0 Å². The summed E-state index contributed by atoms with van der Waals surface area (Å²) in [5.74, 6) is -0.774. The summed E-state index contributed by atoms with van der Waals surface area (Å²) >= 11 is 1.47. The predicted octanol–water partition coefficient (Wildman–Crippen LogP) is 2.70. The van der Waals surface area contributed by atoms with Crippen LogP contribution in [0, 0.1) is 6.92 Å². The third-order valence-corrected chi connectivity index (χ3v) is 4.30. The van der Waals surface area contributed by atoms with Crippen LogP contribution in [0.4, 0.5) is 0 Å². The molecule has 0 saturated carbocycles. The van der Waals surface area contributed by atoms with Crippen LogP contribution in [0.1, 0.15) is 26.6 Å². The van der Waals surface area contributed by atoms with Crippen molar-refractivity contribution in [3.8, 4) is 5.75 Å². The molecule has 0 fully saturated rings. The van der Waals surface area contributed by atoms with Crippen molar-refractivity contribution in [3.05, 3.63) is 52.3 Å². The van der Waals surface area contributed by atoms with Gasteiger partial charge in [0, 0.05) is 23.2 Å². The second-order valence-electron chi connectivity index (χ2n) is 4.54. The smallest absolute Gasteiger partial charge is 0.356 e. The van der Waals surface area contributed by atoms with Gasteiger partial charge in [-0.3, -0.25) is 4.40 Å². The largest absolute Gasteiger partial charge is 0.508 e. The molecule has 2 aromatic heterocycles. The topological polar surface area (TPSA) is 74.8 Å². The van der Waals surface area contributed by atoms with Crippen LogP contribution in [-0.2, 0) is 6.42 Å². The average Bonchev–Trinajstić information content (AvgIpc) is 2.91. The number of fused-ring (bicyclic) bond motifs is 1. The van der Waals surface area contributed by atoms with E-state index in [1.165, 1.54) is 17.5 Å². The number of phenolic OH excluding ortho intramolecular Hbond substituents is 1. The van der Waals surface area contributed by atoms with Gasteiger partial charge in [-0.05, 0) is 24.6 Å². The Balaban J connectivity index is 1.98. The van der Waals surface area contributed by atoms with Crippen molar-refractivity contribution < 1.29 is 15.0 Å². The number of aromatic carboxylic acids is 1. The number of nitrogens with zero attached hydrogens (tertiary/aromatic N) is 2. The minimum atomic E-state index is -1.02. The fourth-order valence-corrected chi connectivity index (χ4v) is 3.25. The first-order valence-corrected chi connectivity index (χ1v) is 6.85. The molecule has 5 nitrogen and oxygen atoms in total. The molecule has 1 aromatic carbocycles. The Morgan fingerprint density at radius 3 is 2.90 bits per heavy atom. The number of carbonyl (C=O) groups is 1. The van der Waals surface area contributed by atoms with Gasteiger partial charge >= 0.3 is 5.97 Å². The second-order valence-corrected chi connectivity index (χ2v) is 5.60. The first kappa shape index (κ1) is 12.7. The van der Waals surface area contributed by atoms with E-state index >= 15 is 0 Å². The number of phenols is 1. The van der Waals surface area contributed by atoms with Gasteiger partial charge in [-0.1, -0.05) is 12.1 Å². The number of aromatic hydroxyl groups is 1. The van der Waals surface area contributed by atoms with E-state index in [0.717, 1.165) is 16.1 Å². The number of carboxylic acids is 1. The Labute approximate surface area is 118 Å². The van der Waals surface area contributed by atoms with E-state index in [4.69, 9.17) is 5.11 Å². The lowest BCUT2D eigenvalue weighted by Crippen LogP contribution is -1.96. The number of carboxylic acid groups (broad SMARTS) is 1. The summed E-state index contributed by atoms with van der Waals surface area (Å²) in [7, 11) is 0. The first-order valence-electron chi connectivity index (χ1n) is 6.03. The normalized spacial score (nSPS) is 11.1. The third-order valence-electron chi connectivity index (χ3n) is 3.15. The van der Waals surface area contributed by atoms with Crippen LogP contribution in [0.5, 0.6) is 5.75 Å². The highest BCUT2D eigenvalue weighted by atomic mass is 32.1. The van der Waals surface area contributed by atoms with Crippen LogP contribution in [0.15, 0.2) is 30.5 Å². The number of benzene rings is 1. The maximum absolute atomic E-state index is 10.9. The summed E-state index contributed by atoms with van der Waals surface area (Å²) in [4.78, 5) is 16.8. The molecule has 0 bridgehead atoms. The number of hydrogen-bond donors (Lipinski definition) is 2. The van der Waals surface area contributed by atoms with Crippen LogP contribution in [0.25, 0.3) is 4.96 Å². The van der Waals surface area contributed by atoms with Crippen LogP contribution in [0.3, 0.4) is 0 Å². The summed E-state index contributed by atoms with van der Waals surface area (Å²) < 4.78 is 1.80. The van der Waals surface area contributed by atoms with E-state index in [0.29, 0.717) is 11.4 Å². The quantitative estimate of drug-likeness (QED) is 0.777. The van der Waals surface area contributed by atoms with Crippen molar-refractivity contribution in [1.29, 1.82) is 0 Å². The maximum Gasteiger partial charge on any atom is 0.356 e. The highest BCUT2D eigenvalue weighted by molar-refractivity contribution is 7.17. The highest BCUT2D eigenvalue weighted by Crippen LogP contribution is 2.26. The zero-order valence-electron chi connectivity index (χ0n) is 10.7. The van der Waals surface area contributed by atoms with E-state index in [-0.39, 0.29) is 11.4 Å². The first-order chi connectivity index (χ1) is 9.54. The molecular formula is C14H12N2O3S. The standard InChI is InChI=1S/C14H12N2O3S/c1-8-12(6-9-3-2-4-10(17)5-9)20-14-15-11(13(18)19)7-16(8)14/h2-5,7,17H,6H2,1H3,(H,18,19). The van der Waals surface area contributed by atoms with Gasteiger partial charge in [-0.15, -0.1) is 11.3 Å². The monoisotopic (exact) mass is 288 g/mol. The van der Waals surface area contributed by atoms with Crippen molar-refractivity contribution in [2.75, 3.05) is 0 Å². The zero-order valence-corrected chi connectivity index (χ0v) is 11.5. The number of thiazole rings is 1. The Morgan fingerprint density at radius 2 is 2.25 bits per heavy atom. The molecule has 0 saturated heterocycles. The van der Waals surface area contributed by atoms with Crippen molar-refractivity contribution >= 4 is 22.3 Å². The number of hydrogen-bond acceptors (Lipinski definition) is 4. The second kappa shape index (κ2) is 4.64. The molecule has 0 aliphatic heterocycles. The Morgan fingerprint density at radius 1 is 1.45 bits per heavy atom. The molecule has 0 spiro atoms. The van der Waals surface area contributed by atoms with Gasteiger partial charge in [-0.25, -0.2) is 9.78 Å². The molecular weight excluding hydrogens is 276 g/mol. The van der Waals surface area contributed by atoms with Gasteiger partial charge in [-0.2, -0.15) is 0 Å². The summed E-state index contributed by atoms with van der Waals surface area (Å²) in [5.41, 5.74) is 2.05. The number of imidazole rings is 1. The Kier molecular flexibility index (Phi) is 2.94. The molecule has 20 heavy (non-hydrogen) atoms. The fraction of sp³-hybridized carbons (Fsp3) is 0.143. The van der Waals surface area contributed by atoms with Crippen molar-refractivity contribution in [2.45, 2.75) is 13.3 Å². The Hall–Kier alpha value is -2.34. The number of aromatic nitrogens is 2. The molecule has 3 rings (SSSR count). The average molecular weight is 288 g/mol. The van der Waals surface area contributed by atoms with Crippen LogP contribution >= 0.6 is 11.3 Å². The lowest BCUT2D eigenvalue weighted by molar-refractivity contribution is 0.0691. The van der Waals surface area contributed by atoms with E-state index in [2.05, 4.69) is 4.98 Å². The minimum absolute atomic E-state index is 0.0586. The summed E-state index contributed by atoms with van der Waals surface area (Å²) in [6, 6.07) is 7.12. The highest BCUT2D eigenvalue weighted by Gasteiger charge is 2.15. The van der Waals surface area contributed by atoms with Gasteiger partial charge < -0.3 is 10.2 Å². The molecule has 2 N–H and O–H groups in total. The molecule has 2 heterocycles. The van der Waals surface area contributed by atoms with E-state index < -0.39 is 5.97 Å². The molecule has 102 valence electrons.